The zero-order chi connectivity index (χ0) is 18.4. The largest absolute Gasteiger partial charge is 3.00 e. The SMILES string of the molecule is CC=c1ccc2c(c1C1C(CCO)=Cc3ccccc31)[C-]=c1ccccc1=2.[Cl-].[Cl-].[Zr+3]. The van der Waals surface area contributed by atoms with E-state index in [9.17, 15) is 5.11 Å². The number of rotatable bonds is 3. The summed E-state index contributed by atoms with van der Waals surface area (Å²) in [7, 11) is 0. The van der Waals surface area contributed by atoms with Crippen molar-refractivity contribution in [1.29, 1.82) is 0 Å². The molecule has 1 unspecified atom stereocenters. The number of hydrogen-bond donors (Lipinski definition) is 1. The molecule has 1 atom stereocenters. The molecule has 30 heavy (non-hydrogen) atoms. The van der Waals surface area contributed by atoms with Crippen molar-refractivity contribution in [3.8, 4) is 0 Å². The number of aliphatic hydroxyl groups excluding tert-OH is 1. The van der Waals surface area contributed by atoms with Gasteiger partial charge in [-0.2, -0.15) is 0 Å². The molecule has 0 spiro atoms. The number of aliphatic hydroxyl groups is 1. The van der Waals surface area contributed by atoms with Gasteiger partial charge < -0.3 is 29.9 Å². The molecule has 1 radical (unpaired) electrons. The fraction of sp³-hybridized carbons (Fsp3) is 0.154. The van der Waals surface area contributed by atoms with Crippen molar-refractivity contribution in [2.24, 2.45) is 0 Å². The van der Waals surface area contributed by atoms with Gasteiger partial charge in [-0.25, -0.2) is 0 Å². The van der Waals surface area contributed by atoms with Crippen LogP contribution in [0, 0.1) is 10.4 Å². The van der Waals surface area contributed by atoms with E-state index in [0.29, 0.717) is 6.42 Å². The van der Waals surface area contributed by atoms with Crippen LogP contribution < -0.4 is 35.3 Å². The van der Waals surface area contributed by atoms with Crippen LogP contribution in [0.4, 0.5) is 0 Å². The van der Waals surface area contributed by atoms with E-state index in [4.69, 9.17) is 0 Å². The first kappa shape index (κ1) is 24.8. The van der Waals surface area contributed by atoms with Crippen molar-refractivity contribution in [2.75, 3.05) is 6.61 Å². The fourth-order valence-corrected chi connectivity index (χ4v) is 4.59. The smallest absolute Gasteiger partial charge is 1.00 e. The van der Waals surface area contributed by atoms with Crippen molar-refractivity contribution in [3.63, 3.8) is 0 Å². The zero-order valence-corrected chi connectivity index (χ0v) is 20.6. The Morgan fingerprint density at radius 3 is 2.43 bits per heavy atom. The first-order chi connectivity index (χ1) is 13.3. The molecular formula is C26H21Cl2OZr. The van der Waals surface area contributed by atoms with Gasteiger partial charge >= 0.3 is 26.2 Å². The molecule has 0 fully saturated rings. The molecule has 0 aliphatic heterocycles. The third-order valence-electron chi connectivity index (χ3n) is 5.78. The Kier molecular flexibility index (Phi) is 8.48. The van der Waals surface area contributed by atoms with E-state index in [1.165, 1.54) is 48.7 Å². The molecule has 1 N–H and O–H groups in total. The maximum atomic E-state index is 9.67. The second kappa shape index (κ2) is 10.2. The maximum Gasteiger partial charge on any atom is 3.00 e. The molecule has 0 heterocycles. The van der Waals surface area contributed by atoms with E-state index in [1.54, 1.807) is 0 Å². The molecule has 149 valence electrons. The minimum Gasteiger partial charge on any atom is -1.00 e. The average Bonchev–Trinajstić information content (AvgIpc) is 3.25. The minimum atomic E-state index is 0. The Balaban J connectivity index is 0.00000107. The summed E-state index contributed by atoms with van der Waals surface area (Å²) >= 11 is 0. The van der Waals surface area contributed by atoms with E-state index >= 15 is 0 Å². The van der Waals surface area contributed by atoms with Gasteiger partial charge in [0, 0.05) is 12.5 Å². The Morgan fingerprint density at radius 2 is 1.67 bits per heavy atom. The van der Waals surface area contributed by atoms with Crippen LogP contribution in [0.25, 0.3) is 18.2 Å². The van der Waals surface area contributed by atoms with Crippen LogP contribution in [-0.2, 0) is 26.2 Å². The van der Waals surface area contributed by atoms with Crippen LogP contribution in [-0.4, -0.2) is 11.7 Å². The third-order valence-corrected chi connectivity index (χ3v) is 5.78. The number of halogens is 2. The van der Waals surface area contributed by atoms with Crippen LogP contribution in [0.2, 0.25) is 0 Å². The Hall–Kier alpha value is -1.44. The molecule has 0 saturated carbocycles. The van der Waals surface area contributed by atoms with Crippen LogP contribution in [0.3, 0.4) is 0 Å². The molecule has 0 bridgehead atoms. The van der Waals surface area contributed by atoms with Crippen molar-refractivity contribution in [2.45, 2.75) is 19.3 Å². The van der Waals surface area contributed by atoms with E-state index < -0.39 is 0 Å². The van der Waals surface area contributed by atoms with E-state index in [-0.39, 0.29) is 63.5 Å². The van der Waals surface area contributed by atoms with Gasteiger partial charge in [-0.1, -0.05) is 83.1 Å². The molecule has 4 heteroatoms. The molecular weight excluding hydrogens is 490 g/mol. The minimum absolute atomic E-state index is 0. The maximum absolute atomic E-state index is 9.67. The second-order valence-electron chi connectivity index (χ2n) is 7.21. The van der Waals surface area contributed by atoms with Gasteiger partial charge in [0.25, 0.3) is 0 Å². The third kappa shape index (κ3) is 3.92. The first-order valence-electron chi connectivity index (χ1n) is 9.54. The van der Waals surface area contributed by atoms with Gasteiger partial charge in [-0.3, -0.25) is 0 Å². The summed E-state index contributed by atoms with van der Waals surface area (Å²) in [6.45, 7) is 2.27. The Morgan fingerprint density at radius 1 is 0.933 bits per heavy atom. The molecule has 2 aliphatic rings. The van der Waals surface area contributed by atoms with Crippen LogP contribution in [0.15, 0.2) is 66.2 Å². The molecule has 2 aliphatic carbocycles. The predicted molar refractivity (Wildman–Crippen MR) is 110 cm³/mol. The summed E-state index contributed by atoms with van der Waals surface area (Å²) in [5, 5.41) is 14.6. The van der Waals surface area contributed by atoms with E-state index in [2.05, 4.69) is 85.8 Å². The first-order valence-corrected chi connectivity index (χ1v) is 9.54. The molecule has 3 aromatic carbocycles. The monoisotopic (exact) mass is 509 g/mol. The standard InChI is InChI=1S/C26H21O.2ClH.Zr/c1-2-17-11-12-23-21-9-5-3-8-19(21)16-24(23)25(17)26-20(13-14-27)15-18-7-4-6-10-22(18)26;;;/h2-12,15,26-27H,13-14H2,1H3;2*1H;/q-1;;;+3/p-2. The molecule has 3 aromatic rings. The van der Waals surface area contributed by atoms with Gasteiger partial charge in [0.15, 0.2) is 0 Å². The van der Waals surface area contributed by atoms with Crippen LogP contribution >= 0.6 is 0 Å². The van der Waals surface area contributed by atoms with Gasteiger partial charge in [0.1, 0.15) is 0 Å². The van der Waals surface area contributed by atoms with E-state index in [1.807, 2.05) is 0 Å². The van der Waals surface area contributed by atoms with Gasteiger partial charge in [-0.15, -0.1) is 33.4 Å². The number of hydrogen-bond acceptors (Lipinski definition) is 1. The van der Waals surface area contributed by atoms with Crippen molar-refractivity contribution >= 4 is 18.2 Å². The van der Waals surface area contributed by atoms with Crippen LogP contribution in [0.5, 0.6) is 0 Å². The molecule has 0 amide bonds. The van der Waals surface area contributed by atoms with Crippen molar-refractivity contribution in [1.82, 2.24) is 0 Å². The predicted octanol–water partition coefficient (Wildman–Crippen LogP) is -2.29. The summed E-state index contributed by atoms with van der Waals surface area (Å²) < 4.78 is 0. The molecule has 5 rings (SSSR count). The van der Waals surface area contributed by atoms with Crippen LogP contribution in [0.1, 0.15) is 41.5 Å². The summed E-state index contributed by atoms with van der Waals surface area (Å²) in [4.78, 5) is 0. The Labute approximate surface area is 208 Å². The molecule has 0 saturated heterocycles. The summed E-state index contributed by atoms with van der Waals surface area (Å²) in [6.07, 6.45) is 8.83. The van der Waals surface area contributed by atoms with Gasteiger partial charge in [0.05, 0.1) is 0 Å². The zero-order valence-electron chi connectivity index (χ0n) is 16.6. The van der Waals surface area contributed by atoms with E-state index in [0.717, 1.165) is 0 Å². The summed E-state index contributed by atoms with van der Waals surface area (Å²) in [6, 6.07) is 21.5. The second-order valence-corrected chi connectivity index (χ2v) is 7.21. The normalized spacial score (nSPS) is 15.5. The summed E-state index contributed by atoms with van der Waals surface area (Å²) in [5.41, 5.74) is 6.40. The van der Waals surface area contributed by atoms with Crippen molar-refractivity contribution in [3.05, 3.63) is 109 Å². The number of fused-ring (bicyclic) bond motifs is 3. The fourth-order valence-electron chi connectivity index (χ4n) is 4.59. The summed E-state index contributed by atoms with van der Waals surface area (Å²) in [5.74, 6) is 0.177. The topological polar surface area (TPSA) is 20.2 Å². The Bertz CT molecular complexity index is 1310. The molecule has 1 nitrogen and oxygen atoms in total. The quantitative estimate of drug-likeness (QED) is 0.307. The van der Waals surface area contributed by atoms with Gasteiger partial charge in [-0.05, 0) is 24.5 Å². The average molecular weight is 512 g/mol. The number of benzene rings is 3. The van der Waals surface area contributed by atoms with Gasteiger partial charge in [0.2, 0.25) is 0 Å². The molecule has 0 aromatic heterocycles. The van der Waals surface area contributed by atoms with Crippen molar-refractivity contribution < 1.29 is 56.1 Å².